The molecule has 0 spiro atoms. The van der Waals surface area contributed by atoms with Crippen LogP contribution in [0.2, 0.25) is 0 Å². The largest absolute Gasteiger partial charge is 0.425 e. The van der Waals surface area contributed by atoms with Crippen LogP contribution in [0.25, 0.3) is 0 Å². The quantitative estimate of drug-likeness (QED) is 0.123. The molecule has 0 bridgehead atoms. The number of esters is 1. The van der Waals surface area contributed by atoms with E-state index in [-0.39, 0.29) is 11.4 Å². The molecule has 0 aliphatic heterocycles. The summed E-state index contributed by atoms with van der Waals surface area (Å²) >= 11 is 0. The van der Waals surface area contributed by atoms with Crippen LogP contribution in [0.15, 0.2) is 24.3 Å². The number of hydrogen-bond donors (Lipinski definition) is 1. The van der Waals surface area contributed by atoms with E-state index in [1.807, 2.05) is 0 Å². The van der Waals surface area contributed by atoms with Crippen LogP contribution in [-0.2, 0) is 4.79 Å². The number of carbonyl (C=O) groups excluding carboxylic acids is 1. The Morgan fingerprint density at radius 2 is 1.39 bits per heavy atom. The number of non-ortho nitro benzene ring substituents is 1. The molecule has 6 heteroatoms. The maximum absolute atomic E-state index is 11.9. The standard InChI is InChI=1S/C22H35NO5/c1-2-3-4-5-6-7-8-9-10-11-12-13-14-21(24)22(25)28-20-17-15-19(16-18-20)23(26)27/h15-18,21,24H,2-14H2,1H3/t21-/m1/s1. The third kappa shape index (κ3) is 11.0. The van der Waals surface area contributed by atoms with E-state index in [1.165, 1.54) is 82.1 Å². The second-order valence-electron chi connectivity index (χ2n) is 7.37. The van der Waals surface area contributed by atoms with E-state index in [9.17, 15) is 20.0 Å². The summed E-state index contributed by atoms with van der Waals surface area (Å²) in [7, 11) is 0. The Labute approximate surface area is 168 Å². The van der Waals surface area contributed by atoms with Crippen LogP contribution in [0.1, 0.15) is 90.4 Å². The van der Waals surface area contributed by atoms with E-state index in [2.05, 4.69) is 6.92 Å². The van der Waals surface area contributed by atoms with Crippen molar-refractivity contribution in [3.8, 4) is 5.75 Å². The highest BCUT2D eigenvalue weighted by Crippen LogP contribution is 2.18. The number of nitro groups is 1. The van der Waals surface area contributed by atoms with Crippen LogP contribution in [0.3, 0.4) is 0 Å². The summed E-state index contributed by atoms with van der Waals surface area (Å²) < 4.78 is 5.06. The van der Waals surface area contributed by atoms with Crippen molar-refractivity contribution in [2.24, 2.45) is 0 Å². The molecule has 0 saturated carbocycles. The zero-order valence-corrected chi connectivity index (χ0v) is 17.1. The molecule has 0 aliphatic rings. The van der Waals surface area contributed by atoms with Crippen molar-refractivity contribution in [2.45, 2.75) is 96.5 Å². The first-order valence-electron chi connectivity index (χ1n) is 10.7. The molecule has 0 saturated heterocycles. The second-order valence-corrected chi connectivity index (χ2v) is 7.37. The summed E-state index contributed by atoms with van der Waals surface area (Å²) in [4.78, 5) is 21.9. The molecule has 0 amide bonds. The molecule has 0 fully saturated rings. The molecule has 1 aromatic rings. The number of unbranched alkanes of at least 4 members (excludes halogenated alkanes) is 11. The van der Waals surface area contributed by atoms with Crippen molar-refractivity contribution in [3.05, 3.63) is 34.4 Å². The molecule has 158 valence electrons. The minimum absolute atomic E-state index is 0.0724. The molecule has 1 rings (SSSR count). The van der Waals surface area contributed by atoms with E-state index >= 15 is 0 Å². The van der Waals surface area contributed by atoms with Crippen molar-refractivity contribution < 1.29 is 19.6 Å². The van der Waals surface area contributed by atoms with Gasteiger partial charge in [0.05, 0.1) is 4.92 Å². The smallest absolute Gasteiger partial charge is 0.340 e. The summed E-state index contributed by atoms with van der Waals surface area (Å²) in [6.07, 6.45) is 14.0. The molecule has 0 aliphatic carbocycles. The Balaban J connectivity index is 2.03. The molecular weight excluding hydrogens is 358 g/mol. The lowest BCUT2D eigenvalue weighted by molar-refractivity contribution is -0.384. The average molecular weight is 394 g/mol. The van der Waals surface area contributed by atoms with Gasteiger partial charge in [0.2, 0.25) is 0 Å². The average Bonchev–Trinajstić information content (AvgIpc) is 2.69. The molecule has 0 unspecified atom stereocenters. The van der Waals surface area contributed by atoms with Gasteiger partial charge in [0.15, 0.2) is 6.10 Å². The van der Waals surface area contributed by atoms with Gasteiger partial charge in [-0.3, -0.25) is 10.1 Å². The van der Waals surface area contributed by atoms with Gasteiger partial charge in [-0.2, -0.15) is 0 Å². The molecule has 0 heterocycles. The summed E-state index contributed by atoms with van der Waals surface area (Å²) in [6.45, 7) is 2.24. The van der Waals surface area contributed by atoms with Crippen molar-refractivity contribution in [1.82, 2.24) is 0 Å². The maximum atomic E-state index is 11.9. The Bertz CT molecular complexity index is 559. The first kappa shape index (κ1) is 24.1. The van der Waals surface area contributed by atoms with Gasteiger partial charge in [0.1, 0.15) is 5.75 Å². The summed E-state index contributed by atoms with van der Waals surface area (Å²) in [6, 6.07) is 5.24. The number of aliphatic hydroxyl groups excluding tert-OH is 1. The number of nitrogens with zero attached hydrogens (tertiary/aromatic N) is 1. The third-order valence-electron chi connectivity index (χ3n) is 4.87. The molecule has 6 nitrogen and oxygen atoms in total. The van der Waals surface area contributed by atoms with Crippen LogP contribution in [-0.4, -0.2) is 22.1 Å². The number of rotatable bonds is 16. The zero-order valence-electron chi connectivity index (χ0n) is 17.1. The predicted octanol–water partition coefficient (Wildman–Crippen LogP) is 5.95. The van der Waals surface area contributed by atoms with E-state index in [1.54, 1.807) is 0 Å². The van der Waals surface area contributed by atoms with Gasteiger partial charge < -0.3 is 9.84 Å². The van der Waals surface area contributed by atoms with Crippen molar-refractivity contribution >= 4 is 11.7 Å². The summed E-state index contributed by atoms with van der Waals surface area (Å²) in [5.41, 5.74) is -0.0724. The SMILES string of the molecule is CCCCCCCCCCCCCC[C@@H](O)C(=O)Oc1ccc([N+](=O)[O-])cc1. The van der Waals surface area contributed by atoms with E-state index in [0.717, 1.165) is 19.3 Å². The van der Waals surface area contributed by atoms with Gasteiger partial charge in [0, 0.05) is 12.1 Å². The van der Waals surface area contributed by atoms with Gasteiger partial charge >= 0.3 is 5.97 Å². The molecule has 1 aromatic carbocycles. The number of carbonyl (C=O) groups is 1. The van der Waals surface area contributed by atoms with Gasteiger partial charge in [-0.05, 0) is 18.6 Å². The van der Waals surface area contributed by atoms with Crippen molar-refractivity contribution in [2.75, 3.05) is 0 Å². The molecule has 1 N–H and O–H groups in total. The van der Waals surface area contributed by atoms with Gasteiger partial charge in [-0.15, -0.1) is 0 Å². The highest BCUT2D eigenvalue weighted by molar-refractivity contribution is 5.76. The Hall–Kier alpha value is -1.95. The molecule has 0 aromatic heterocycles. The summed E-state index contributed by atoms with van der Waals surface area (Å²) in [5, 5.41) is 20.5. The number of benzene rings is 1. The number of nitro benzene ring substituents is 1. The third-order valence-corrected chi connectivity index (χ3v) is 4.87. The van der Waals surface area contributed by atoms with Crippen LogP contribution < -0.4 is 4.74 Å². The zero-order chi connectivity index (χ0) is 20.6. The number of ether oxygens (including phenoxy) is 1. The van der Waals surface area contributed by atoms with Gasteiger partial charge in [-0.1, -0.05) is 84.0 Å². The predicted molar refractivity (Wildman–Crippen MR) is 110 cm³/mol. The van der Waals surface area contributed by atoms with Crippen molar-refractivity contribution in [3.63, 3.8) is 0 Å². The van der Waals surface area contributed by atoms with Crippen LogP contribution >= 0.6 is 0 Å². The lowest BCUT2D eigenvalue weighted by Crippen LogP contribution is -2.25. The monoisotopic (exact) mass is 393 g/mol. The van der Waals surface area contributed by atoms with Gasteiger partial charge in [-0.25, -0.2) is 4.79 Å². The number of aliphatic hydroxyl groups is 1. The fourth-order valence-electron chi connectivity index (χ4n) is 3.12. The van der Waals surface area contributed by atoms with E-state index in [4.69, 9.17) is 4.74 Å². The highest BCUT2D eigenvalue weighted by Gasteiger charge is 2.17. The molecule has 0 radical (unpaired) electrons. The highest BCUT2D eigenvalue weighted by atomic mass is 16.6. The Morgan fingerprint density at radius 1 is 0.929 bits per heavy atom. The molecular formula is C22H35NO5. The maximum Gasteiger partial charge on any atom is 0.340 e. The van der Waals surface area contributed by atoms with Crippen LogP contribution in [0.5, 0.6) is 5.75 Å². The fraction of sp³-hybridized carbons (Fsp3) is 0.682. The van der Waals surface area contributed by atoms with E-state index in [0.29, 0.717) is 6.42 Å². The van der Waals surface area contributed by atoms with Crippen LogP contribution in [0, 0.1) is 10.1 Å². The van der Waals surface area contributed by atoms with Crippen molar-refractivity contribution in [1.29, 1.82) is 0 Å². The lowest BCUT2D eigenvalue weighted by atomic mass is 10.0. The lowest BCUT2D eigenvalue weighted by Gasteiger charge is -2.10. The Kier molecular flexibility index (Phi) is 12.9. The number of hydrogen-bond acceptors (Lipinski definition) is 5. The first-order valence-corrected chi connectivity index (χ1v) is 10.7. The van der Waals surface area contributed by atoms with E-state index < -0.39 is 17.0 Å². The topological polar surface area (TPSA) is 89.7 Å². The molecule has 28 heavy (non-hydrogen) atoms. The van der Waals surface area contributed by atoms with Gasteiger partial charge in [0.25, 0.3) is 5.69 Å². The Morgan fingerprint density at radius 3 is 1.86 bits per heavy atom. The fourth-order valence-corrected chi connectivity index (χ4v) is 3.12. The summed E-state index contributed by atoms with van der Waals surface area (Å²) in [5.74, 6) is -0.513. The van der Waals surface area contributed by atoms with Crippen LogP contribution in [0.4, 0.5) is 5.69 Å². The minimum atomic E-state index is -1.15. The first-order chi connectivity index (χ1) is 13.5. The molecule has 1 atom stereocenters. The normalized spacial score (nSPS) is 11.9. The second kappa shape index (κ2) is 15.0. The minimum Gasteiger partial charge on any atom is -0.425 e.